The molecule has 0 saturated heterocycles. The maximum Gasteiger partial charge on any atom is 0.0597 e. The molecule has 1 atom stereocenters. The van der Waals surface area contributed by atoms with Gasteiger partial charge in [-0.2, -0.15) is 0 Å². The maximum atomic E-state index is 8.39. The topological polar surface area (TPSA) is 48.8 Å². The van der Waals surface area contributed by atoms with Crippen molar-refractivity contribution in [3.8, 4) is 0 Å². The van der Waals surface area contributed by atoms with E-state index < -0.39 is 0 Å². The van der Waals surface area contributed by atoms with Gasteiger partial charge in [-0.05, 0) is 47.9 Å². The van der Waals surface area contributed by atoms with Crippen LogP contribution in [0.5, 0.6) is 0 Å². The molecule has 0 unspecified atom stereocenters. The third-order valence-electron chi connectivity index (χ3n) is 3.08. The Hall–Kier alpha value is -1.47. The Morgan fingerprint density at radius 2 is 2.00 bits per heavy atom. The number of aryl methyl sites for hydroxylation is 2. The first kappa shape index (κ1) is 10.1. The molecular weight excluding hydrogens is 186 g/mol. The molecule has 1 aliphatic rings. The molecule has 0 amide bonds. The summed E-state index contributed by atoms with van der Waals surface area (Å²) in [4.78, 5) is 2.85. The summed E-state index contributed by atoms with van der Waals surface area (Å²) in [7, 11) is 0. The molecule has 78 valence electrons. The SMILES string of the molecule is C[C@@H](N=[N+]=[N-])c1ccc2c(c1)CCCC2. The van der Waals surface area contributed by atoms with Crippen LogP contribution in [0.1, 0.15) is 42.5 Å². The Kier molecular flexibility index (Phi) is 2.93. The van der Waals surface area contributed by atoms with E-state index in [1.54, 1.807) is 0 Å². The van der Waals surface area contributed by atoms with Gasteiger partial charge in [-0.15, -0.1) is 0 Å². The van der Waals surface area contributed by atoms with Crippen LogP contribution in [-0.4, -0.2) is 0 Å². The molecule has 1 aromatic carbocycles. The van der Waals surface area contributed by atoms with Crippen LogP contribution < -0.4 is 0 Å². The first-order valence-corrected chi connectivity index (χ1v) is 5.47. The van der Waals surface area contributed by atoms with E-state index in [-0.39, 0.29) is 6.04 Å². The van der Waals surface area contributed by atoms with Crippen LogP contribution in [0.4, 0.5) is 0 Å². The Morgan fingerprint density at radius 3 is 2.73 bits per heavy atom. The fraction of sp³-hybridized carbons (Fsp3) is 0.500. The molecule has 1 aliphatic carbocycles. The van der Waals surface area contributed by atoms with E-state index in [1.807, 2.05) is 6.92 Å². The molecular formula is C12H15N3. The van der Waals surface area contributed by atoms with Crippen molar-refractivity contribution < 1.29 is 0 Å². The van der Waals surface area contributed by atoms with Crippen molar-refractivity contribution in [2.24, 2.45) is 5.11 Å². The minimum absolute atomic E-state index is 0.0535. The molecule has 0 radical (unpaired) electrons. The summed E-state index contributed by atoms with van der Waals surface area (Å²) in [6, 6.07) is 6.42. The zero-order valence-electron chi connectivity index (χ0n) is 8.98. The van der Waals surface area contributed by atoms with Gasteiger partial charge in [0.05, 0.1) is 6.04 Å². The molecule has 0 spiro atoms. The number of hydrogen-bond donors (Lipinski definition) is 0. The van der Waals surface area contributed by atoms with Crippen LogP contribution in [0.25, 0.3) is 10.4 Å². The lowest BCUT2D eigenvalue weighted by Gasteiger charge is -2.17. The average molecular weight is 201 g/mol. The van der Waals surface area contributed by atoms with Crippen LogP contribution in [0.15, 0.2) is 23.3 Å². The summed E-state index contributed by atoms with van der Waals surface area (Å²) in [6.45, 7) is 1.93. The van der Waals surface area contributed by atoms with Crippen LogP contribution in [0.3, 0.4) is 0 Å². The summed E-state index contributed by atoms with van der Waals surface area (Å²) in [5, 5.41) is 3.72. The second-order valence-electron chi connectivity index (χ2n) is 4.12. The van der Waals surface area contributed by atoms with E-state index in [9.17, 15) is 0 Å². The van der Waals surface area contributed by atoms with Crippen molar-refractivity contribution in [2.75, 3.05) is 0 Å². The number of rotatable bonds is 2. The smallest absolute Gasteiger partial charge is 0.0597 e. The molecule has 1 aromatic rings. The number of nitrogens with zero attached hydrogens (tertiary/aromatic N) is 3. The number of benzene rings is 1. The van der Waals surface area contributed by atoms with Crippen molar-refractivity contribution in [2.45, 2.75) is 38.6 Å². The van der Waals surface area contributed by atoms with Gasteiger partial charge in [-0.3, -0.25) is 0 Å². The highest BCUT2D eigenvalue weighted by Crippen LogP contribution is 2.25. The van der Waals surface area contributed by atoms with E-state index in [0.29, 0.717) is 0 Å². The van der Waals surface area contributed by atoms with Gasteiger partial charge in [-0.1, -0.05) is 30.2 Å². The molecule has 3 nitrogen and oxygen atoms in total. The van der Waals surface area contributed by atoms with Gasteiger partial charge in [0, 0.05) is 4.91 Å². The summed E-state index contributed by atoms with van der Waals surface area (Å²) in [5.41, 5.74) is 12.4. The van der Waals surface area contributed by atoms with Crippen molar-refractivity contribution in [1.29, 1.82) is 0 Å². The second kappa shape index (κ2) is 4.37. The van der Waals surface area contributed by atoms with Gasteiger partial charge in [-0.25, -0.2) is 0 Å². The standard InChI is InChI=1S/C12H15N3/c1-9(14-15-13)11-7-6-10-4-2-3-5-12(10)8-11/h6-9H,2-5H2,1H3/t9-/m1/s1. The predicted molar refractivity (Wildman–Crippen MR) is 60.6 cm³/mol. The highest BCUT2D eigenvalue weighted by Gasteiger charge is 2.11. The summed E-state index contributed by atoms with van der Waals surface area (Å²) in [5.74, 6) is 0. The molecule has 0 heterocycles. The lowest BCUT2D eigenvalue weighted by molar-refractivity contribution is 0.681. The van der Waals surface area contributed by atoms with Gasteiger partial charge in [0.2, 0.25) is 0 Å². The van der Waals surface area contributed by atoms with Gasteiger partial charge < -0.3 is 0 Å². The second-order valence-corrected chi connectivity index (χ2v) is 4.12. The molecule has 0 bridgehead atoms. The van der Waals surface area contributed by atoms with Crippen LogP contribution in [-0.2, 0) is 12.8 Å². The van der Waals surface area contributed by atoms with Crippen molar-refractivity contribution in [1.82, 2.24) is 0 Å². The van der Waals surface area contributed by atoms with E-state index in [4.69, 9.17) is 5.53 Å². The molecule has 15 heavy (non-hydrogen) atoms. The van der Waals surface area contributed by atoms with Crippen LogP contribution >= 0.6 is 0 Å². The third-order valence-corrected chi connectivity index (χ3v) is 3.08. The number of fused-ring (bicyclic) bond motifs is 1. The van der Waals surface area contributed by atoms with E-state index in [0.717, 1.165) is 5.56 Å². The van der Waals surface area contributed by atoms with Gasteiger partial charge >= 0.3 is 0 Å². The third kappa shape index (κ3) is 2.13. The predicted octanol–water partition coefficient (Wildman–Crippen LogP) is 3.94. The molecule has 0 aliphatic heterocycles. The van der Waals surface area contributed by atoms with E-state index >= 15 is 0 Å². The van der Waals surface area contributed by atoms with Gasteiger partial charge in [0.25, 0.3) is 0 Å². The summed E-state index contributed by atoms with van der Waals surface area (Å²) >= 11 is 0. The number of azide groups is 1. The highest BCUT2D eigenvalue weighted by molar-refractivity contribution is 5.35. The zero-order chi connectivity index (χ0) is 10.7. The van der Waals surface area contributed by atoms with Gasteiger partial charge in [0.1, 0.15) is 0 Å². The first-order valence-electron chi connectivity index (χ1n) is 5.47. The van der Waals surface area contributed by atoms with E-state index in [2.05, 4.69) is 28.2 Å². The maximum absolute atomic E-state index is 8.39. The zero-order valence-corrected chi connectivity index (χ0v) is 8.98. The summed E-state index contributed by atoms with van der Waals surface area (Å²) < 4.78 is 0. The van der Waals surface area contributed by atoms with Crippen molar-refractivity contribution >= 4 is 0 Å². The van der Waals surface area contributed by atoms with Gasteiger partial charge in [0.15, 0.2) is 0 Å². The van der Waals surface area contributed by atoms with E-state index in [1.165, 1.54) is 36.8 Å². The minimum atomic E-state index is -0.0535. The van der Waals surface area contributed by atoms with Crippen molar-refractivity contribution in [3.05, 3.63) is 45.3 Å². The lowest BCUT2D eigenvalue weighted by atomic mass is 9.89. The Labute approximate surface area is 89.7 Å². The highest BCUT2D eigenvalue weighted by atomic mass is 15.1. The Balaban J connectivity index is 2.31. The molecule has 3 heteroatoms. The molecule has 2 rings (SSSR count). The average Bonchev–Trinajstić information content (AvgIpc) is 2.29. The normalized spacial score (nSPS) is 16.3. The van der Waals surface area contributed by atoms with Crippen molar-refractivity contribution in [3.63, 3.8) is 0 Å². The molecule has 0 fully saturated rings. The monoisotopic (exact) mass is 201 g/mol. The van der Waals surface area contributed by atoms with Crippen LogP contribution in [0, 0.1) is 0 Å². The minimum Gasteiger partial charge on any atom is -0.0862 e. The fourth-order valence-electron chi connectivity index (χ4n) is 2.16. The molecule has 0 aromatic heterocycles. The first-order chi connectivity index (χ1) is 7.31. The lowest BCUT2D eigenvalue weighted by Crippen LogP contribution is -2.03. The largest absolute Gasteiger partial charge is 0.0862 e. The Bertz CT molecular complexity index is 405. The quantitative estimate of drug-likeness (QED) is 0.395. The fourth-order valence-corrected chi connectivity index (χ4v) is 2.16. The summed E-state index contributed by atoms with van der Waals surface area (Å²) in [6.07, 6.45) is 4.96. The number of hydrogen-bond acceptors (Lipinski definition) is 1. The van der Waals surface area contributed by atoms with Crippen LogP contribution in [0.2, 0.25) is 0 Å². The molecule has 0 saturated carbocycles. The Morgan fingerprint density at radius 1 is 1.27 bits per heavy atom. The molecule has 0 N–H and O–H groups in total.